The Morgan fingerprint density at radius 1 is 1.56 bits per heavy atom. The van der Waals surface area contributed by atoms with Crippen LogP contribution in [0.2, 0.25) is 0 Å². The molecule has 90 valence electrons. The van der Waals surface area contributed by atoms with Gasteiger partial charge >= 0.3 is 5.97 Å². The average molecular weight is 224 g/mol. The number of hydrogen-bond donors (Lipinski definition) is 1. The standard InChI is InChI=1S/C12H20N2O2/c1-8-6-11(10(3)14(8)4)7-13-9(2)12(15)16-5/h6,9,13H,7H2,1-5H3/t9-/m0/s1. The van der Waals surface area contributed by atoms with Gasteiger partial charge in [-0.05, 0) is 32.4 Å². The smallest absolute Gasteiger partial charge is 0.322 e. The van der Waals surface area contributed by atoms with Crippen LogP contribution >= 0.6 is 0 Å². The highest BCUT2D eigenvalue weighted by atomic mass is 16.5. The Balaban J connectivity index is 2.61. The number of esters is 1. The molecule has 1 rings (SSSR count). The molecule has 16 heavy (non-hydrogen) atoms. The fraction of sp³-hybridized carbons (Fsp3) is 0.583. The molecule has 0 unspecified atom stereocenters. The Kier molecular flexibility index (Phi) is 4.12. The molecule has 1 aromatic heterocycles. The molecule has 0 saturated carbocycles. The van der Waals surface area contributed by atoms with Crippen LogP contribution in [0.3, 0.4) is 0 Å². The van der Waals surface area contributed by atoms with E-state index in [4.69, 9.17) is 0 Å². The molecule has 0 saturated heterocycles. The first-order chi connectivity index (χ1) is 7.47. The number of aromatic nitrogens is 1. The van der Waals surface area contributed by atoms with Crippen LogP contribution in [0.5, 0.6) is 0 Å². The van der Waals surface area contributed by atoms with Crippen LogP contribution in [0.4, 0.5) is 0 Å². The highest BCUT2D eigenvalue weighted by Gasteiger charge is 2.13. The van der Waals surface area contributed by atoms with Crippen LogP contribution in [0, 0.1) is 13.8 Å². The van der Waals surface area contributed by atoms with Crippen LogP contribution in [-0.2, 0) is 23.1 Å². The first-order valence-corrected chi connectivity index (χ1v) is 5.40. The molecule has 1 atom stereocenters. The monoisotopic (exact) mass is 224 g/mol. The predicted octanol–water partition coefficient (Wildman–Crippen LogP) is 1.29. The lowest BCUT2D eigenvalue weighted by molar-refractivity contribution is -0.142. The number of hydrogen-bond acceptors (Lipinski definition) is 3. The van der Waals surface area contributed by atoms with Gasteiger partial charge in [-0.25, -0.2) is 0 Å². The quantitative estimate of drug-likeness (QED) is 0.784. The molecule has 1 heterocycles. The largest absolute Gasteiger partial charge is 0.468 e. The van der Waals surface area contributed by atoms with Gasteiger partial charge in [0.15, 0.2) is 0 Å². The molecule has 0 bridgehead atoms. The number of ether oxygens (including phenoxy) is 1. The summed E-state index contributed by atoms with van der Waals surface area (Å²) in [5.41, 5.74) is 3.66. The SMILES string of the molecule is COC(=O)[C@H](C)NCc1cc(C)n(C)c1C. The second-order valence-corrected chi connectivity index (χ2v) is 4.08. The van der Waals surface area contributed by atoms with E-state index in [-0.39, 0.29) is 12.0 Å². The number of aryl methyl sites for hydroxylation is 1. The number of nitrogens with zero attached hydrogens (tertiary/aromatic N) is 1. The van der Waals surface area contributed by atoms with E-state index in [0.717, 1.165) is 0 Å². The summed E-state index contributed by atoms with van der Waals surface area (Å²) in [4.78, 5) is 11.2. The first kappa shape index (κ1) is 12.8. The minimum absolute atomic E-state index is 0.231. The van der Waals surface area contributed by atoms with Gasteiger partial charge in [-0.2, -0.15) is 0 Å². The van der Waals surface area contributed by atoms with Crippen LogP contribution in [-0.4, -0.2) is 23.7 Å². The van der Waals surface area contributed by atoms with E-state index < -0.39 is 0 Å². The summed E-state index contributed by atoms with van der Waals surface area (Å²) in [5, 5.41) is 3.14. The number of methoxy groups -OCH3 is 1. The van der Waals surface area contributed by atoms with Crippen molar-refractivity contribution in [3.8, 4) is 0 Å². The number of carbonyl (C=O) groups excluding carboxylic acids is 1. The van der Waals surface area contributed by atoms with Crippen molar-refractivity contribution in [3.05, 3.63) is 23.0 Å². The lowest BCUT2D eigenvalue weighted by Crippen LogP contribution is -2.34. The second kappa shape index (κ2) is 5.16. The summed E-state index contributed by atoms with van der Waals surface area (Å²) >= 11 is 0. The van der Waals surface area contributed by atoms with Crippen LogP contribution in [0.15, 0.2) is 6.07 Å². The van der Waals surface area contributed by atoms with Crippen molar-refractivity contribution < 1.29 is 9.53 Å². The number of rotatable bonds is 4. The fourth-order valence-electron chi connectivity index (χ4n) is 1.64. The fourth-order valence-corrected chi connectivity index (χ4v) is 1.64. The maximum absolute atomic E-state index is 11.2. The van der Waals surface area contributed by atoms with Crippen molar-refractivity contribution in [3.63, 3.8) is 0 Å². The Labute approximate surface area is 96.6 Å². The third-order valence-corrected chi connectivity index (χ3v) is 3.03. The Bertz CT molecular complexity index is 383. The van der Waals surface area contributed by atoms with Crippen molar-refractivity contribution >= 4 is 5.97 Å². The highest BCUT2D eigenvalue weighted by molar-refractivity contribution is 5.75. The minimum atomic E-state index is -0.273. The lowest BCUT2D eigenvalue weighted by atomic mass is 10.2. The van der Waals surface area contributed by atoms with Crippen molar-refractivity contribution in [2.75, 3.05) is 7.11 Å². The van der Waals surface area contributed by atoms with Crippen molar-refractivity contribution in [1.29, 1.82) is 0 Å². The van der Waals surface area contributed by atoms with E-state index in [0.29, 0.717) is 6.54 Å². The van der Waals surface area contributed by atoms with Gasteiger partial charge < -0.3 is 14.6 Å². The van der Waals surface area contributed by atoms with E-state index in [9.17, 15) is 4.79 Å². The van der Waals surface area contributed by atoms with Gasteiger partial charge in [0, 0.05) is 25.0 Å². The Morgan fingerprint density at radius 3 is 2.62 bits per heavy atom. The summed E-state index contributed by atoms with van der Waals surface area (Å²) in [5.74, 6) is -0.231. The summed E-state index contributed by atoms with van der Waals surface area (Å²) in [6, 6.07) is 1.86. The molecular formula is C12H20N2O2. The topological polar surface area (TPSA) is 43.3 Å². The van der Waals surface area contributed by atoms with Gasteiger partial charge in [0.05, 0.1) is 7.11 Å². The van der Waals surface area contributed by atoms with Crippen molar-refractivity contribution in [2.24, 2.45) is 7.05 Å². The normalized spacial score (nSPS) is 12.6. The molecule has 4 heteroatoms. The third kappa shape index (κ3) is 2.64. The summed E-state index contributed by atoms with van der Waals surface area (Å²) < 4.78 is 6.79. The van der Waals surface area contributed by atoms with Crippen molar-refractivity contribution in [2.45, 2.75) is 33.4 Å². The molecule has 1 aromatic rings. The molecule has 1 N–H and O–H groups in total. The van der Waals surface area contributed by atoms with Gasteiger partial charge in [0.25, 0.3) is 0 Å². The number of nitrogens with one attached hydrogen (secondary N) is 1. The zero-order valence-electron chi connectivity index (χ0n) is 10.6. The number of carbonyl (C=O) groups is 1. The van der Waals surface area contributed by atoms with E-state index in [2.05, 4.69) is 34.5 Å². The molecule has 0 aromatic carbocycles. The summed E-state index contributed by atoms with van der Waals surface area (Å²) in [6.45, 7) is 6.63. The van der Waals surface area contributed by atoms with E-state index in [1.807, 2.05) is 7.05 Å². The van der Waals surface area contributed by atoms with Gasteiger partial charge in [-0.1, -0.05) is 0 Å². The molecule has 0 fully saturated rings. The summed E-state index contributed by atoms with van der Waals surface area (Å²) in [6.07, 6.45) is 0. The second-order valence-electron chi connectivity index (χ2n) is 4.08. The maximum atomic E-state index is 11.2. The Hall–Kier alpha value is -1.29. The molecule has 0 radical (unpaired) electrons. The third-order valence-electron chi connectivity index (χ3n) is 3.03. The lowest BCUT2D eigenvalue weighted by Gasteiger charge is -2.11. The van der Waals surface area contributed by atoms with E-state index >= 15 is 0 Å². The van der Waals surface area contributed by atoms with Gasteiger partial charge in [0.1, 0.15) is 6.04 Å². The molecule has 4 nitrogen and oxygen atoms in total. The molecule has 0 aliphatic rings. The molecular weight excluding hydrogens is 204 g/mol. The van der Waals surface area contributed by atoms with E-state index in [1.165, 1.54) is 24.1 Å². The Morgan fingerprint density at radius 2 is 2.19 bits per heavy atom. The minimum Gasteiger partial charge on any atom is -0.468 e. The van der Waals surface area contributed by atoms with Gasteiger partial charge in [-0.3, -0.25) is 4.79 Å². The summed E-state index contributed by atoms with van der Waals surface area (Å²) in [7, 11) is 3.44. The molecule has 0 aliphatic heterocycles. The molecule has 0 spiro atoms. The molecule has 0 amide bonds. The van der Waals surface area contributed by atoms with Crippen molar-refractivity contribution in [1.82, 2.24) is 9.88 Å². The van der Waals surface area contributed by atoms with Gasteiger partial charge in [-0.15, -0.1) is 0 Å². The van der Waals surface area contributed by atoms with E-state index in [1.54, 1.807) is 6.92 Å². The zero-order valence-corrected chi connectivity index (χ0v) is 10.6. The zero-order chi connectivity index (χ0) is 12.3. The van der Waals surface area contributed by atoms with Gasteiger partial charge in [0.2, 0.25) is 0 Å². The predicted molar refractivity (Wildman–Crippen MR) is 63.2 cm³/mol. The van der Waals surface area contributed by atoms with Crippen LogP contribution < -0.4 is 5.32 Å². The average Bonchev–Trinajstić information content (AvgIpc) is 2.52. The van der Waals surface area contributed by atoms with Crippen LogP contribution in [0.1, 0.15) is 23.9 Å². The maximum Gasteiger partial charge on any atom is 0.322 e. The molecule has 0 aliphatic carbocycles. The highest BCUT2D eigenvalue weighted by Crippen LogP contribution is 2.12. The first-order valence-electron chi connectivity index (χ1n) is 5.40. The van der Waals surface area contributed by atoms with Crippen LogP contribution in [0.25, 0.3) is 0 Å².